The molecule has 0 atom stereocenters. The van der Waals surface area contributed by atoms with E-state index in [1.165, 1.54) is 12.1 Å². The SMILES string of the molecule is O=Cc1c(-c2ccccc2[N+](=O)[O-])nc2ccccn12.O=[N+]([O-])c1ccccc1-c1nc2ccccn2c1CO. The number of nitro benzene ring substituents is 2. The van der Waals surface area contributed by atoms with Gasteiger partial charge in [0.25, 0.3) is 11.4 Å². The number of aldehydes is 1. The van der Waals surface area contributed by atoms with Crippen LogP contribution in [0, 0.1) is 20.2 Å². The number of rotatable bonds is 6. The molecule has 0 radical (unpaired) electrons. The molecule has 6 rings (SSSR count). The Morgan fingerprint density at radius 1 is 0.700 bits per heavy atom. The van der Waals surface area contributed by atoms with E-state index in [1.807, 2.05) is 12.1 Å². The second kappa shape index (κ2) is 10.9. The number of imidazole rings is 2. The summed E-state index contributed by atoms with van der Waals surface area (Å²) in [4.78, 5) is 41.3. The molecule has 2 aromatic carbocycles. The van der Waals surface area contributed by atoms with Gasteiger partial charge in [-0.3, -0.25) is 29.4 Å². The van der Waals surface area contributed by atoms with Crippen LogP contribution in [-0.2, 0) is 6.61 Å². The monoisotopic (exact) mass is 536 g/mol. The summed E-state index contributed by atoms with van der Waals surface area (Å²) in [5, 5.41) is 31.8. The summed E-state index contributed by atoms with van der Waals surface area (Å²) in [6.45, 7) is -0.243. The zero-order valence-corrected chi connectivity index (χ0v) is 20.7. The summed E-state index contributed by atoms with van der Waals surface area (Å²) in [5.74, 6) is 0. The minimum absolute atomic E-state index is 0.0226. The largest absolute Gasteiger partial charge is 0.390 e. The van der Waals surface area contributed by atoms with Gasteiger partial charge in [0.15, 0.2) is 6.29 Å². The number of pyridine rings is 2. The van der Waals surface area contributed by atoms with Gasteiger partial charge in [-0.1, -0.05) is 36.4 Å². The minimum Gasteiger partial charge on any atom is -0.390 e. The molecule has 0 unspecified atom stereocenters. The third kappa shape index (κ3) is 4.66. The summed E-state index contributed by atoms with van der Waals surface area (Å²) in [5.41, 5.74) is 3.46. The van der Waals surface area contributed by atoms with Crippen molar-refractivity contribution in [3.63, 3.8) is 0 Å². The number of nitro groups is 2. The molecule has 0 amide bonds. The highest BCUT2D eigenvalue weighted by atomic mass is 16.6. The van der Waals surface area contributed by atoms with Gasteiger partial charge in [-0.2, -0.15) is 0 Å². The third-order valence-electron chi connectivity index (χ3n) is 6.17. The number of aromatic nitrogens is 4. The maximum Gasteiger partial charge on any atom is 0.278 e. The Morgan fingerprint density at radius 2 is 1.18 bits per heavy atom. The first-order valence-electron chi connectivity index (χ1n) is 11.9. The number of carbonyl (C=O) groups is 1. The first-order chi connectivity index (χ1) is 19.4. The fraction of sp³-hybridized carbons (Fsp3) is 0.0357. The Morgan fingerprint density at radius 3 is 1.73 bits per heavy atom. The highest BCUT2D eigenvalue weighted by molar-refractivity contribution is 5.88. The smallest absolute Gasteiger partial charge is 0.278 e. The normalized spacial score (nSPS) is 10.7. The van der Waals surface area contributed by atoms with Crippen LogP contribution in [0.2, 0.25) is 0 Å². The Hall–Kier alpha value is -5.75. The molecule has 0 bridgehead atoms. The summed E-state index contributed by atoms with van der Waals surface area (Å²) in [6, 6.07) is 23.4. The molecule has 12 heteroatoms. The molecule has 0 spiro atoms. The standard InChI is InChI=1S/C14H11N3O3.C14H9N3O3/c2*18-9-12-14(15-13-7-3-4-8-16(12)13)10-5-1-2-6-11(10)17(19)20/h1-8,18H,9H2;1-9H. The lowest BCUT2D eigenvalue weighted by molar-refractivity contribution is -0.384. The van der Waals surface area contributed by atoms with Crippen molar-refractivity contribution in [3.8, 4) is 22.5 Å². The Bertz CT molecular complexity index is 1890. The molecule has 0 saturated carbocycles. The van der Waals surface area contributed by atoms with E-state index in [9.17, 15) is 30.1 Å². The summed E-state index contributed by atoms with van der Waals surface area (Å²) in [6.07, 6.45) is 4.13. The number of nitrogens with zero attached hydrogens (tertiary/aromatic N) is 6. The molecule has 40 heavy (non-hydrogen) atoms. The molecule has 12 nitrogen and oxygen atoms in total. The summed E-state index contributed by atoms with van der Waals surface area (Å²) in [7, 11) is 0. The van der Waals surface area contributed by atoms with Gasteiger partial charge in [0.1, 0.15) is 28.4 Å². The fourth-order valence-electron chi connectivity index (χ4n) is 4.41. The molecule has 1 N–H and O–H groups in total. The van der Waals surface area contributed by atoms with Crippen LogP contribution < -0.4 is 0 Å². The van der Waals surface area contributed by atoms with E-state index >= 15 is 0 Å². The van der Waals surface area contributed by atoms with Crippen LogP contribution in [0.5, 0.6) is 0 Å². The lowest BCUT2D eigenvalue weighted by Gasteiger charge is -2.02. The maximum absolute atomic E-state index is 11.3. The molecule has 4 heterocycles. The topological polar surface area (TPSA) is 158 Å². The van der Waals surface area contributed by atoms with E-state index in [2.05, 4.69) is 9.97 Å². The Kier molecular flexibility index (Phi) is 7.07. The molecular formula is C28H20N6O6. The summed E-state index contributed by atoms with van der Waals surface area (Å²) < 4.78 is 3.34. The average Bonchev–Trinajstić information content (AvgIpc) is 3.55. The van der Waals surface area contributed by atoms with E-state index < -0.39 is 9.85 Å². The quantitative estimate of drug-likeness (QED) is 0.174. The van der Waals surface area contributed by atoms with E-state index in [4.69, 9.17) is 0 Å². The molecular weight excluding hydrogens is 516 g/mol. The number of aliphatic hydroxyl groups is 1. The van der Waals surface area contributed by atoms with Gasteiger partial charge in [0, 0.05) is 24.5 Å². The van der Waals surface area contributed by atoms with Crippen LogP contribution in [0.3, 0.4) is 0 Å². The van der Waals surface area contributed by atoms with E-state index in [0.717, 1.165) is 0 Å². The molecule has 198 valence electrons. The second-order valence-corrected chi connectivity index (χ2v) is 8.43. The van der Waals surface area contributed by atoms with Gasteiger partial charge in [0.2, 0.25) is 0 Å². The Balaban J connectivity index is 0.000000161. The van der Waals surface area contributed by atoms with Crippen molar-refractivity contribution < 1.29 is 19.7 Å². The lowest BCUT2D eigenvalue weighted by atomic mass is 10.1. The second-order valence-electron chi connectivity index (χ2n) is 8.43. The van der Waals surface area contributed by atoms with Crippen LogP contribution in [-0.4, -0.2) is 40.0 Å². The zero-order valence-electron chi connectivity index (χ0n) is 20.7. The molecule has 6 aromatic rings. The van der Waals surface area contributed by atoms with Crippen molar-refractivity contribution >= 4 is 29.0 Å². The summed E-state index contributed by atoms with van der Waals surface area (Å²) >= 11 is 0. The number of hydrogen-bond acceptors (Lipinski definition) is 8. The molecule has 4 aromatic heterocycles. The zero-order chi connectivity index (χ0) is 28.2. The first kappa shape index (κ1) is 25.9. The predicted octanol–water partition coefficient (Wildman–Crippen LogP) is 5.12. The van der Waals surface area contributed by atoms with Crippen LogP contribution in [0.15, 0.2) is 97.3 Å². The van der Waals surface area contributed by atoms with Crippen LogP contribution in [0.25, 0.3) is 33.8 Å². The van der Waals surface area contributed by atoms with Gasteiger partial charge in [-0.15, -0.1) is 0 Å². The maximum atomic E-state index is 11.3. The molecule has 0 aliphatic rings. The molecule has 0 aliphatic carbocycles. The van der Waals surface area contributed by atoms with Crippen molar-refractivity contribution in [1.29, 1.82) is 0 Å². The number of aliphatic hydroxyl groups excluding tert-OH is 1. The first-order valence-corrected chi connectivity index (χ1v) is 11.9. The third-order valence-corrected chi connectivity index (χ3v) is 6.17. The van der Waals surface area contributed by atoms with Gasteiger partial charge in [-0.05, 0) is 36.4 Å². The minimum atomic E-state index is -0.478. The molecule has 0 fully saturated rings. The fourth-order valence-corrected chi connectivity index (χ4v) is 4.41. The predicted molar refractivity (Wildman–Crippen MR) is 146 cm³/mol. The van der Waals surface area contributed by atoms with Crippen LogP contribution >= 0.6 is 0 Å². The number of fused-ring (bicyclic) bond motifs is 2. The average molecular weight is 537 g/mol. The van der Waals surface area contributed by atoms with Crippen molar-refractivity contribution in [2.45, 2.75) is 6.61 Å². The number of para-hydroxylation sites is 2. The Labute approximate surface area is 225 Å². The highest BCUT2D eigenvalue weighted by Crippen LogP contribution is 2.33. The van der Waals surface area contributed by atoms with Crippen LogP contribution in [0.4, 0.5) is 11.4 Å². The van der Waals surface area contributed by atoms with E-state index in [1.54, 1.807) is 81.9 Å². The number of carbonyl (C=O) groups excluding carboxylic acids is 1. The van der Waals surface area contributed by atoms with Crippen molar-refractivity contribution in [2.75, 3.05) is 0 Å². The van der Waals surface area contributed by atoms with E-state index in [-0.39, 0.29) is 18.0 Å². The van der Waals surface area contributed by atoms with E-state index in [0.29, 0.717) is 51.5 Å². The van der Waals surface area contributed by atoms with Crippen molar-refractivity contribution in [2.24, 2.45) is 0 Å². The van der Waals surface area contributed by atoms with Gasteiger partial charge < -0.3 is 9.51 Å². The van der Waals surface area contributed by atoms with Gasteiger partial charge in [-0.25, -0.2) is 9.97 Å². The van der Waals surface area contributed by atoms with Crippen molar-refractivity contribution in [3.05, 3.63) is 129 Å². The van der Waals surface area contributed by atoms with Gasteiger partial charge >= 0.3 is 0 Å². The van der Waals surface area contributed by atoms with Crippen LogP contribution in [0.1, 0.15) is 16.2 Å². The molecule has 0 saturated heterocycles. The number of benzene rings is 2. The molecule has 0 aliphatic heterocycles. The highest BCUT2D eigenvalue weighted by Gasteiger charge is 2.22. The van der Waals surface area contributed by atoms with Gasteiger partial charge in [0.05, 0.1) is 33.3 Å². The lowest BCUT2D eigenvalue weighted by Crippen LogP contribution is -1.96. The number of hydrogen-bond donors (Lipinski definition) is 1. The van der Waals surface area contributed by atoms with Crippen molar-refractivity contribution in [1.82, 2.24) is 18.8 Å².